The second kappa shape index (κ2) is 6.61. The Labute approximate surface area is 164 Å². The molecule has 1 heterocycles. The van der Waals surface area contributed by atoms with E-state index in [9.17, 15) is 30.0 Å². The van der Waals surface area contributed by atoms with Crippen molar-refractivity contribution in [2.75, 3.05) is 4.31 Å². The summed E-state index contributed by atoms with van der Waals surface area (Å²) in [5, 5.41) is 4.83. The fraction of sp³-hybridized carbons (Fsp3) is 0.250. The zero-order valence-electron chi connectivity index (χ0n) is 14.2. The molecular formula is C16H14ClF3N2O4S2. The lowest BCUT2D eigenvalue weighted by Crippen LogP contribution is -2.36. The van der Waals surface area contributed by atoms with Crippen LogP contribution in [0.2, 0.25) is 5.02 Å². The first-order chi connectivity index (χ1) is 12.7. The molecule has 3 rings (SSSR count). The van der Waals surface area contributed by atoms with E-state index in [-0.39, 0.29) is 22.0 Å². The van der Waals surface area contributed by atoms with Crippen LogP contribution in [0.3, 0.4) is 0 Å². The second-order valence-corrected chi connectivity index (χ2v) is 10.1. The predicted molar refractivity (Wildman–Crippen MR) is 97.1 cm³/mol. The number of fused-ring (bicyclic) bond motifs is 1. The van der Waals surface area contributed by atoms with Crippen LogP contribution in [0, 0.1) is 0 Å². The zero-order valence-corrected chi connectivity index (χ0v) is 16.6. The smallest absolute Gasteiger partial charge is 0.263 e. The summed E-state index contributed by atoms with van der Waals surface area (Å²) >= 11 is 5.63. The number of primary sulfonamides is 1. The molecule has 2 aromatic carbocycles. The Kier molecular flexibility index (Phi) is 4.94. The number of nitrogens with zero attached hydrogens (tertiary/aromatic N) is 1. The minimum absolute atomic E-state index is 0.1000. The van der Waals surface area contributed by atoms with Crippen LogP contribution in [0.25, 0.3) is 0 Å². The lowest BCUT2D eigenvalue weighted by molar-refractivity contribution is -0.139. The van der Waals surface area contributed by atoms with Crippen molar-refractivity contribution in [3.05, 3.63) is 52.5 Å². The maximum Gasteiger partial charge on any atom is 0.417 e. The molecule has 1 aliphatic rings. The third kappa shape index (κ3) is 3.59. The van der Waals surface area contributed by atoms with E-state index in [0.29, 0.717) is 11.6 Å². The predicted octanol–water partition coefficient (Wildman–Crippen LogP) is 3.15. The van der Waals surface area contributed by atoms with E-state index in [1.54, 1.807) is 0 Å². The Morgan fingerprint density at radius 1 is 1.11 bits per heavy atom. The maximum absolute atomic E-state index is 13.4. The molecule has 0 aromatic heterocycles. The summed E-state index contributed by atoms with van der Waals surface area (Å²) in [6.07, 6.45) is -4.82. The number of sulfonamides is 2. The molecule has 2 N–H and O–H groups in total. The third-order valence-electron chi connectivity index (χ3n) is 4.32. The minimum Gasteiger partial charge on any atom is -0.263 e. The van der Waals surface area contributed by atoms with Gasteiger partial charge in [-0.25, -0.2) is 22.0 Å². The van der Waals surface area contributed by atoms with Crippen molar-refractivity contribution in [2.24, 2.45) is 5.14 Å². The number of halogens is 4. The van der Waals surface area contributed by atoms with Gasteiger partial charge in [-0.05, 0) is 55.3 Å². The molecule has 152 valence electrons. The van der Waals surface area contributed by atoms with Crippen LogP contribution in [0.15, 0.2) is 46.2 Å². The molecule has 1 aliphatic heterocycles. The van der Waals surface area contributed by atoms with Crippen LogP contribution in [0.1, 0.15) is 18.1 Å². The van der Waals surface area contributed by atoms with E-state index in [1.807, 2.05) is 0 Å². The molecule has 0 fully saturated rings. The van der Waals surface area contributed by atoms with Gasteiger partial charge in [0.1, 0.15) is 0 Å². The number of alkyl halides is 3. The van der Waals surface area contributed by atoms with E-state index in [4.69, 9.17) is 16.7 Å². The number of benzene rings is 2. The van der Waals surface area contributed by atoms with Gasteiger partial charge in [0.05, 0.1) is 21.0 Å². The van der Waals surface area contributed by atoms with Crippen molar-refractivity contribution in [3.63, 3.8) is 0 Å². The van der Waals surface area contributed by atoms with Gasteiger partial charge >= 0.3 is 6.18 Å². The summed E-state index contributed by atoms with van der Waals surface area (Å²) in [5.74, 6) is 0. The van der Waals surface area contributed by atoms with Crippen LogP contribution in [-0.2, 0) is 32.6 Å². The van der Waals surface area contributed by atoms with Gasteiger partial charge in [0.25, 0.3) is 10.0 Å². The van der Waals surface area contributed by atoms with Crippen LogP contribution in [0.4, 0.5) is 18.9 Å². The molecule has 28 heavy (non-hydrogen) atoms. The molecule has 12 heteroatoms. The molecule has 0 saturated heterocycles. The van der Waals surface area contributed by atoms with Gasteiger partial charge in [-0.15, -0.1) is 0 Å². The Morgan fingerprint density at radius 3 is 2.32 bits per heavy atom. The van der Waals surface area contributed by atoms with E-state index in [2.05, 4.69) is 0 Å². The number of nitrogens with two attached hydrogens (primary N) is 1. The lowest BCUT2D eigenvalue weighted by atomic mass is 10.1. The molecule has 2 aromatic rings. The molecule has 1 atom stereocenters. The number of rotatable bonds is 3. The molecule has 0 amide bonds. The van der Waals surface area contributed by atoms with Crippen molar-refractivity contribution in [2.45, 2.75) is 35.4 Å². The van der Waals surface area contributed by atoms with Gasteiger partial charge in [-0.3, -0.25) is 4.31 Å². The van der Waals surface area contributed by atoms with Crippen molar-refractivity contribution in [3.8, 4) is 0 Å². The molecular weight excluding hydrogens is 441 g/mol. The molecule has 0 spiro atoms. The van der Waals surface area contributed by atoms with E-state index in [0.717, 1.165) is 22.5 Å². The van der Waals surface area contributed by atoms with Gasteiger partial charge in [0.2, 0.25) is 10.0 Å². The zero-order chi connectivity index (χ0) is 21.1. The number of hydrogen-bond acceptors (Lipinski definition) is 4. The first kappa shape index (κ1) is 20.9. The summed E-state index contributed by atoms with van der Waals surface area (Å²) in [7, 11) is -8.62. The van der Waals surface area contributed by atoms with Crippen LogP contribution >= 0.6 is 11.6 Å². The third-order valence-corrected chi connectivity index (χ3v) is 7.45. The molecule has 0 radical (unpaired) electrons. The Morgan fingerprint density at radius 2 is 1.75 bits per heavy atom. The van der Waals surface area contributed by atoms with Crippen molar-refractivity contribution in [1.82, 2.24) is 0 Å². The summed E-state index contributed by atoms with van der Waals surface area (Å²) in [6, 6.07) is 5.26. The van der Waals surface area contributed by atoms with E-state index >= 15 is 0 Å². The fourth-order valence-electron chi connectivity index (χ4n) is 3.18. The molecule has 6 nitrogen and oxygen atoms in total. The van der Waals surface area contributed by atoms with Crippen molar-refractivity contribution < 1.29 is 30.0 Å². The van der Waals surface area contributed by atoms with Gasteiger partial charge in [-0.2, -0.15) is 13.2 Å². The molecule has 0 saturated carbocycles. The van der Waals surface area contributed by atoms with Crippen LogP contribution in [-0.4, -0.2) is 22.9 Å². The fourth-order valence-corrected chi connectivity index (χ4v) is 5.80. The Bertz CT molecular complexity index is 1160. The quantitative estimate of drug-likeness (QED) is 0.770. The van der Waals surface area contributed by atoms with Gasteiger partial charge in [0, 0.05) is 11.1 Å². The van der Waals surface area contributed by atoms with Crippen LogP contribution in [0.5, 0.6) is 0 Å². The topological polar surface area (TPSA) is 97.5 Å². The van der Waals surface area contributed by atoms with Gasteiger partial charge in [-0.1, -0.05) is 11.6 Å². The normalized spacial score (nSPS) is 17.6. The monoisotopic (exact) mass is 454 g/mol. The molecule has 0 aliphatic carbocycles. The van der Waals surface area contributed by atoms with Crippen LogP contribution < -0.4 is 9.44 Å². The van der Waals surface area contributed by atoms with E-state index in [1.165, 1.54) is 19.1 Å². The summed E-state index contributed by atoms with van der Waals surface area (Å²) in [6.45, 7) is 1.51. The number of hydrogen-bond donors (Lipinski definition) is 1. The molecule has 0 bridgehead atoms. The largest absolute Gasteiger partial charge is 0.417 e. The average Bonchev–Trinajstić information content (AvgIpc) is 2.88. The summed E-state index contributed by atoms with van der Waals surface area (Å²) < 4.78 is 90.3. The highest BCUT2D eigenvalue weighted by Gasteiger charge is 2.43. The Hall–Kier alpha value is -1.82. The first-order valence-corrected chi connectivity index (χ1v) is 11.2. The summed E-state index contributed by atoms with van der Waals surface area (Å²) in [5.41, 5.74) is -0.921. The minimum atomic E-state index is -4.93. The SMILES string of the molecule is C[C@@H]1Cc2cc(S(N)(=O)=O)ccc2N1S(=O)(=O)c1ccc(Cl)cc1C(F)(F)F. The number of anilines is 1. The molecule has 0 unspecified atom stereocenters. The Balaban J connectivity index is 2.18. The highest BCUT2D eigenvalue weighted by atomic mass is 35.5. The van der Waals surface area contributed by atoms with Crippen molar-refractivity contribution in [1.29, 1.82) is 0 Å². The van der Waals surface area contributed by atoms with Crippen molar-refractivity contribution >= 4 is 37.3 Å². The highest BCUT2D eigenvalue weighted by Crippen LogP contribution is 2.42. The second-order valence-electron chi connectivity index (χ2n) is 6.33. The summed E-state index contributed by atoms with van der Waals surface area (Å²) in [4.78, 5) is -1.14. The standard InChI is InChI=1S/C16H14ClF3N2O4S2/c1-9-6-10-7-12(27(21,23)24)3-4-14(10)22(9)28(25,26)15-5-2-11(17)8-13(15)16(18,19)20/h2-5,7-9H,6H2,1H3,(H2,21,23,24)/t9-/m1/s1. The van der Waals surface area contributed by atoms with E-state index < -0.39 is 42.7 Å². The lowest BCUT2D eigenvalue weighted by Gasteiger charge is -2.26. The van der Waals surface area contributed by atoms with Gasteiger partial charge in [0.15, 0.2) is 0 Å². The maximum atomic E-state index is 13.4. The first-order valence-electron chi connectivity index (χ1n) is 7.80. The highest BCUT2D eigenvalue weighted by molar-refractivity contribution is 7.93. The van der Waals surface area contributed by atoms with Gasteiger partial charge < -0.3 is 0 Å². The average molecular weight is 455 g/mol.